The summed E-state index contributed by atoms with van der Waals surface area (Å²) in [6.45, 7) is 3.93. The van der Waals surface area contributed by atoms with E-state index >= 15 is 0 Å². The molecule has 0 spiro atoms. The minimum atomic E-state index is -0.259. The van der Waals surface area contributed by atoms with Crippen molar-refractivity contribution in [3.05, 3.63) is 89.3 Å². The van der Waals surface area contributed by atoms with Gasteiger partial charge in [0.25, 0.3) is 5.78 Å². The average molecular weight is 440 g/mol. The van der Waals surface area contributed by atoms with E-state index in [9.17, 15) is 4.79 Å². The predicted molar refractivity (Wildman–Crippen MR) is 126 cm³/mol. The van der Waals surface area contributed by atoms with Crippen LogP contribution in [0.1, 0.15) is 40.8 Å². The fourth-order valence-corrected chi connectivity index (χ4v) is 4.23. The highest BCUT2D eigenvalue weighted by molar-refractivity contribution is 5.78. The maximum atomic E-state index is 13.0. The zero-order chi connectivity index (χ0) is 22.8. The lowest BCUT2D eigenvalue weighted by Crippen LogP contribution is -2.31. The van der Waals surface area contributed by atoms with Gasteiger partial charge in [-0.15, -0.1) is 0 Å². The summed E-state index contributed by atoms with van der Waals surface area (Å²) >= 11 is 0. The van der Waals surface area contributed by atoms with E-state index in [1.165, 1.54) is 6.33 Å². The Hall–Kier alpha value is -4.07. The molecule has 0 saturated carbocycles. The highest BCUT2D eigenvalue weighted by atomic mass is 16.1. The van der Waals surface area contributed by atoms with Crippen LogP contribution in [0.25, 0.3) is 16.8 Å². The first kappa shape index (κ1) is 20.8. The second-order valence-electron chi connectivity index (χ2n) is 8.18. The quantitative estimate of drug-likeness (QED) is 0.403. The standard InChI is InChI=1S/C25H25N7O/c1-16-19(17(2)32-25(28-16)26-15-27-32)12-13-23(33)29-22(14-18-8-4-3-5-9-18)24-30-20-10-6-7-11-21(20)31-24/h3-11,15,22H,12-14H2,1-2H3,(H,29,33)(H,30,31)/t22-/m0/s1. The summed E-state index contributed by atoms with van der Waals surface area (Å²) in [5.41, 5.74) is 5.83. The molecule has 1 atom stereocenters. The minimum absolute atomic E-state index is 0.0334. The van der Waals surface area contributed by atoms with Crippen molar-refractivity contribution in [3.8, 4) is 0 Å². The molecule has 0 radical (unpaired) electrons. The number of fused-ring (bicyclic) bond motifs is 2. The van der Waals surface area contributed by atoms with Gasteiger partial charge in [-0.05, 0) is 49.9 Å². The van der Waals surface area contributed by atoms with Gasteiger partial charge in [-0.1, -0.05) is 42.5 Å². The number of amides is 1. The largest absolute Gasteiger partial charge is 0.346 e. The summed E-state index contributed by atoms with van der Waals surface area (Å²) in [6.07, 6.45) is 3.06. The Balaban J connectivity index is 1.35. The fourth-order valence-electron chi connectivity index (χ4n) is 4.23. The van der Waals surface area contributed by atoms with Crippen molar-refractivity contribution in [3.63, 3.8) is 0 Å². The first-order chi connectivity index (χ1) is 16.1. The zero-order valence-electron chi connectivity index (χ0n) is 18.6. The highest BCUT2D eigenvalue weighted by Gasteiger charge is 2.20. The van der Waals surface area contributed by atoms with Crippen molar-refractivity contribution >= 4 is 22.7 Å². The number of aryl methyl sites for hydroxylation is 2. The number of benzene rings is 2. The molecule has 1 amide bonds. The van der Waals surface area contributed by atoms with Gasteiger partial charge in [0.1, 0.15) is 12.2 Å². The molecule has 3 heterocycles. The fraction of sp³-hybridized carbons (Fsp3) is 0.240. The predicted octanol–water partition coefficient (Wildman–Crippen LogP) is 3.65. The van der Waals surface area contributed by atoms with E-state index in [0.717, 1.165) is 39.4 Å². The van der Waals surface area contributed by atoms with Gasteiger partial charge in [0.15, 0.2) is 0 Å². The summed E-state index contributed by atoms with van der Waals surface area (Å²) < 4.78 is 1.72. The van der Waals surface area contributed by atoms with Crippen molar-refractivity contribution in [2.24, 2.45) is 0 Å². The summed E-state index contributed by atoms with van der Waals surface area (Å²) in [7, 11) is 0. The number of hydrogen-bond acceptors (Lipinski definition) is 5. The second kappa shape index (κ2) is 8.82. The number of para-hydroxylation sites is 2. The molecule has 2 aromatic carbocycles. The lowest BCUT2D eigenvalue weighted by Gasteiger charge is -2.17. The Morgan fingerprint density at radius 2 is 1.85 bits per heavy atom. The van der Waals surface area contributed by atoms with Crippen LogP contribution in [-0.2, 0) is 17.6 Å². The number of rotatable bonds is 7. The molecule has 5 aromatic rings. The normalized spacial score (nSPS) is 12.3. The van der Waals surface area contributed by atoms with Crippen molar-refractivity contribution in [2.75, 3.05) is 0 Å². The number of H-pyrrole nitrogens is 1. The average Bonchev–Trinajstić information content (AvgIpc) is 3.46. The van der Waals surface area contributed by atoms with E-state index in [0.29, 0.717) is 25.0 Å². The monoisotopic (exact) mass is 439 g/mol. The van der Waals surface area contributed by atoms with Gasteiger partial charge in [-0.3, -0.25) is 4.79 Å². The van der Waals surface area contributed by atoms with Crippen LogP contribution in [0.5, 0.6) is 0 Å². The van der Waals surface area contributed by atoms with Crippen LogP contribution in [-0.4, -0.2) is 35.5 Å². The zero-order valence-corrected chi connectivity index (χ0v) is 18.6. The number of aromatic amines is 1. The molecule has 33 heavy (non-hydrogen) atoms. The van der Waals surface area contributed by atoms with Crippen LogP contribution < -0.4 is 5.32 Å². The number of carbonyl (C=O) groups is 1. The molecular formula is C25H25N7O. The third-order valence-corrected chi connectivity index (χ3v) is 5.95. The van der Waals surface area contributed by atoms with E-state index in [1.54, 1.807) is 4.52 Å². The highest BCUT2D eigenvalue weighted by Crippen LogP contribution is 2.21. The molecule has 8 heteroatoms. The van der Waals surface area contributed by atoms with Crippen molar-refractivity contribution in [2.45, 2.75) is 39.2 Å². The van der Waals surface area contributed by atoms with Crippen molar-refractivity contribution in [1.29, 1.82) is 0 Å². The first-order valence-electron chi connectivity index (χ1n) is 11.0. The Morgan fingerprint density at radius 1 is 1.06 bits per heavy atom. The molecule has 5 rings (SSSR count). The topological polar surface area (TPSA) is 101 Å². The van der Waals surface area contributed by atoms with E-state index in [2.05, 4.69) is 37.5 Å². The smallest absolute Gasteiger partial charge is 0.252 e. The SMILES string of the molecule is Cc1nc2ncnn2c(C)c1CCC(=O)N[C@@H](Cc1ccccc1)c1nc2ccccc2[nH]1. The third kappa shape index (κ3) is 4.32. The third-order valence-electron chi connectivity index (χ3n) is 5.95. The molecular weight excluding hydrogens is 414 g/mol. The summed E-state index contributed by atoms with van der Waals surface area (Å²) in [5, 5.41) is 7.43. The summed E-state index contributed by atoms with van der Waals surface area (Å²) in [4.78, 5) is 29.8. The molecule has 166 valence electrons. The maximum absolute atomic E-state index is 13.0. The van der Waals surface area contributed by atoms with Gasteiger partial charge in [0, 0.05) is 17.8 Å². The summed E-state index contributed by atoms with van der Waals surface area (Å²) in [6, 6.07) is 17.8. The van der Waals surface area contributed by atoms with Crippen LogP contribution in [0.2, 0.25) is 0 Å². The van der Waals surface area contributed by atoms with Gasteiger partial charge in [0.05, 0.1) is 17.1 Å². The lowest BCUT2D eigenvalue weighted by atomic mass is 10.0. The minimum Gasteiger partial charge on any atom is -0.346 e. The first-order valence-corrected chi connectivity index (χ1v) is 11.0. The second-order valence-corrected chi connectivity index (χ2v) is 8.18. The number of hydrogen-bond donors (Lipinski definition) is 2. The number of carbonyl (C=O) groups excluding carboxylic acids is 1. The Morgan fingerprint density at radius 3 is 2.67 bits per heavy atom. The molecule has 2 N–H and O–H groups in total. The number of nitrogens with one attached hydrogen (secondary N) is 2. The van der Waals surface area contributed by atoms with E-state index in [4.69, 9.17) is 4.98 Å². The number of imidazole rings is 1. The van der Waals surface area contributed by atoms with Crippen LogP contribution in [0.3, 0.4) is 0 Å². The van der Waals surface area contributed by atoms with Gasteiger partial charge < -0.3 is 10.3 Å². The van der Waals surface area contributed by atoms with E-state index < -0.39 is 0 Å². The van der Waals surface area contributed by atoms with Crippen LogP contribution in [0.4, 0.5) is 0 Å². The van der Waals surface area contributed by atoms with Gasteiger partial charge in [-0.2, -0.15) is 10.1 Å². The molecule has 0 aliphatic carbocycles. The Kier molecular flexibility index (Phi) is 5.56. The molecule has 0 bridgehead atoms. The molecule has 0 fully saturated rings. The number of aromatic nitrogens is 6. The van der Waals surface area contributed by atoms with Crippen LogP contribution >= 0.6 is 0 Å². The molecule has 3 aromatic heterocycles. The lowest BCUT2D eigenvalue weighted by molar-refractivity contribution is -0.121. The molecule has 0 aliphatic rings. The summed E-state index contributed by atoms with van der Waals surface area (Å²) in [5.74, 6) is 1.30. The van der Waals surface area contributed by atoms with Crippen LogP contribution in [0.15, 0.2) is 60.9 Å². The maximum Gasteiger partial charge on any atom is 0.252 e. The molecule has 0 aliphatic heterocycles. The van der Waals surface area contributed by atoms with Gasteiger partial charge in [0.2, 0.25) is 5.91 Å². The molecule has 0 unspecified atom stereocenters. The van der Waals surface area contributed by atoms with E-state index in [1.807, 2.05) is 56.3 Å². The van der Waals surface area contributed by atoms with Gasteiger partial charge >= 0.3 is 0 Å². The Bertz CT molecular complexity index is 1390. The molecule has 8 nitrogen and oxygen atoms in total. The number of nitrogens with zero attached hydrogens (tertiary/aromatic N) is 5. The van der Waals surface area contributed by atoms with Crippen LogP contribution in [0, 0.1) is 13.8 Å². The van der Waals surface area contributed by atoms with E-state index in [-0.39, 0.29) is 11.9 Å². The van der Waals surface area contributed by atoms with Gasteiger partial charge in [-0.25, -0.2) is 14.5 Å². The van der Waals surface area contributed by atoms with Crippen molar-refractivity contribution in [1.82, 2.24) is 34.9 Å². The van der Waals surface area contributed by atoms with Crippen molar-refractivity contribution < 1.29 is 4.79 Å². The molecule has 0 saturated heterocycles. The Labute approximate surface area is 191 Å².